The fraction of sp³-hybridized carbons (Fsp3) is 0.480. The average Bonchev–Trinajstić information content (AvgIpc) is 2.78. The van der Waals surface area contributed by atoms with Crippen LogP contribution in [0, 0.1) is 20.8 Å². The number of hydrogen-bond donors (Lipinski definition) is 1. The molecule has 0 bridgehead atoms. The van der Waals surface area contributed by atoms with Gasteiger partial charge in [-0.3, -0.25) is 9.10 Å². The van der Waals surface area contributed by atoms with E-state index in [0.717, 1.165) is 42.7 Å². The third kappa shape index (κ3) is 6.33. The molecule has 7 heteroatoms. The van der Waals surface area contributed by atoms with E-state index in [1.807, 2.05) is 32.9 Å². The summed E-state index contributed by atoms with van der Waals surface area (Å²) < 4.78 is 28.1. The molecule has 0 aliphatic carbocycles. The first-order valence-corrected chi connectivity index (χ1v) is 12.9. The number of carbonyl (C=O) groups is 1. The lowest BCUT2D eigenvalue weighted by atomic mass is 10.1. The normalized spacial score (nSPS) is 14.8. The molecule has 1 fully saturated rings. The Morgan fingerprint density at radius 2 is 1.66 bits per heavy atom. The maximum Gasteiger partial charge on any atom is 0.264 e. The van der Waals surface area contributed by atoms with Crippen LogP contribution in [0.25, 0.3) is 0 Å². The average molecular weight is 458 g/mol. The molecule has 1 heterocycles. The van der Waals surface area contributed by atoms with Crippen LogP contribution in [0.2, 0.25) is 0 Å². The van der Waals surface area contributed by atoms with E-state index in [9.17, 15) is 13.2 Å². The number of amides is 1. The Kier molecular flexibility index (Phi) is 8.32. The molecule has 2 aromatic rings. The zero-order chi connectivity index (χ0) is 23.1. The Balaban J connectivity index is 1.71. The van der Waals surface area contributed by atoms with Gasteiger partial charge in [0, 0.05) is 6.54 Å². The van der Waals surface area contributed by atoms with Crippen molar-refractivity contribution >= 4 is 21.6 Å². The van der Waals surface area contributed by atoms with Crippen LogP contribution in [0.5, 0.6) is 0 Å². The molecule has 6 nitrogen and oxygen atoms in total. The highest BCUT2D eigenvalue weighted by molar-refractivity contribution is 7.92. The van der Waals surface area contributed by atoms with Crippen LogP contribution in [0.3, 0.4) is 0 Å². The molecular formula is C25H35N3O3S. The molecule has 1 aliphatic rings. The minimum Gasteiger partial charge on any atom is -0.354 e. The molecule has 1 N–H and O–H groups in total. The molecule has 0 spiro atoms. The van der Waals surface area contributed by atoms with Gasteiger partial charge >= 0.3 is 0 Å². The number of rotatable bonds is 9. The van der Waals surface area contributed by atoms with Gasteiger partial charge in [-0.15, -0.1) is 0 Å². The lowest BCUT2D eigenvalue weighted by Gasteiger charge is -2.26. The van der Waals surface area contributed by atoms with Gasteiger partial charge in [-0.2, -0.15) is 0 Å². The molecule has 2 aromatic carbocycles. The molecule has 174 valence electrons. The summed E-state index contributed by atoms with van der Waals surface area (Å²) >= 11 is 0. The minimum absolute atomic E-state index is 0.180. The number of hydrogen-bond acceptors (Lipinski definition) is 4. The highest BCUT2D eigenvalue weighted by atomic mass is 32.2. The fourth-order valence-corrected chi connectivity index (χ4v) is 5.35. The third-order valence-electron chi connectivity index (χ3n) is 6.10. The number of benzene rings is 2. The molecule has 0 radical (unpaired) electrons. The lowest BCUT2D eigenvalue weighted by molar-refractivity contribution is -0.119. The maximum atomic E-state index is 13.5. The van der Waals surface area contributed by atoms with Crippen LogP contribution < -0.4 is 9.62 Å². The van der Waals surface area contributed by atoms with Crippen molar-refractivity contribution < 1.29 is 13.2 Å². The predicted molar refractivity (Wildman–Crippen MR) is 130 cm³/mol. The molecule has 0 aromatic heterocycles. The van der Waals surface area contributed by atoms with E-state index in [1.54, 1.807) is 30.3 Å². The van der Waals surface area contributed by atoms with Gasteiger partial charge in [-0.25, -0.2) is 8.42 Å². The summed E-state index contributed by atoms with van der Waals surface area (Å²) in [6.45, 7) is 9.34. The third-order valence-corrected chi connectivity index (χ3v) is 7.88. The van der Waals surface area contributed by atoms with Crippen molar-refractivity contribution in [2.75, 3.05) is 37.0 Å². The van der Waals surface area contributed by atoms with Crippen molar-refractivity contribution in [1.82, 2.24) is 10.2 Å². The van der Waals surface area contributed by atoms with Gasteiger partial charge in [-0.05, 0) is 95.1 Å². The van der Waals surface area contributed by atoms with Crippen LogP contribution >= 0.6 is 0 Å². The summed E-state index contributed by atoms with van der Waals surface area (Å²) in [5, 5.41) is 2.91. The largest absolute Gasteiger partial charge is 0.354 e. The van der Waals surface area contributed by atoms with E-state index >= 15 is 0 Å². The summed E-state index contributed by atoms with van der Waals surface area (Å²) in [4.78, 5) is 15.3. The van der Waals surface area contributed by atoms with Gasteiger partial charge in [0.15, 0.2) is 0 Å². The van der Waals surface area contributed by atoms with Gasteiger partial charge in [0.05, 0.1) is 10.6 Å². The van der Waals surface area contributed by atoms with Gasteiger partial charge in [-0.1, -0.05) is 30.2 Å². The van der Waals surface area contributed by atoms with E-state index in [-0.39, 0.29) is 17.3 Å². The number of nitrogens with one attached hydrogen (secondary N) is 1. The molecular weight excluding hydrogens is 422 g/mol. The molecule has 1 aliphatic heterocycles. The second-order valence-electron chi connectivity index (χ2n) is 8.70. The summed E-state index contributed by atoms with van der Waals surface area (Å²) in [7, 11) is -3.88. The monoisotopic (exact) mass is 457 g/mol. The zero-order valence-corrected chi connectivity index (χ0v) is 20.2. The molecule has 3 rings (SSSR count). The van der Waals surface area contributed by atoms with Crippen molar-refractivity contribution in [2.24, 2.45) is 0 Å². The Morgan fingerprint density at radius 3 is 2.31 bits per heavy atom. The number of nitrogens with zero attached hydrogens (tertiary/aromatic N) is 2. The summed E-state index contributed by atoms with van der Waals surface area (Å²) in [6.07, 6.45) is 4.65. The summed E-state index contributed by atoms with van der Waals surface area (Å²) in [6, 6.07) is 12.2. The molecule has 1 amide bonds. The van der Waals surface area contributed by atoms with Crippen LogP contribution in [0.15, 0.2) is 47.4 Å². The first-order valence-electron chi connectivity index (χ1n) is 11.4. The Hall–Kier alpha value is -2.38. The van der Waals surface area contributed by atoms with Crippen LogP contribution in [0.4, 0.5) is 5.69 Å². The van der Waals surface area contributed by atoms with Crippen molar-refractivity contribution in [3.8, 4) is 0 Å². The van der Waals surface area contributed by atoms with Gasteiger partial charge in [0.1, 0.15) is 6.54 Å². The lowest BCUT2D eigenvalue weighted by Crippen LogP contribution is -2.41. The molecule has 0 saturated carbocycles. The van der Waals surface area contributed by atoms with Crippen molar-refractivity contribution in [3.05, 3.63) is 59.2 Å². The number of piperidine rings is 1. The number of anilines is 1. The summed E-state index contributed by atoms with van der Waals surface area (Å²) in [5.41, 5.74) is 3.53. The first kappa shape index (κ1) is 24.3. The standard InChI is InChI=1S/C25H35N3O3S/c1-20-8-12-24(13-9-20)32(30,31)28(23-11-10-21(2)22(3)18-23)19-25(29)26-14-7-17-27-15-5-4-6-16-27/h8-13,18H,4-7,14-17,19H2,1-3H3,(H,26,29). The summed E-state index contributed by atoms with van der Waals surface area (Å²) in [5.74, 6) is -0.294. The zero-order valence-electron chi connectivity index (χ0n) is 19.4. The van der Waals surface area contributed by atoms with E-state index in [4.69, 9.17) is 0 Å². The molecule has 0 atom stereocenters. The van der Waals surface area contributed by atoms with E-state index in [0.29, 0.717) is 12.2 Å². The number of aryl methyl sites for hydroxylation is 3. The maximum absolute atomic E-state index is 13.5. The number of likely N-dealkylation sites (tertiary alicyclic amines) is 1. The van der Waals surface area contributed by atoms with E-state index < -0.39 is 10.0 Å². The minimum atomic E-state index is -3.88. The molecule has 32 heavy (non-hydrogen) atoms. The quantitative estimate of drug-likeness (QED) is 0.582. The van der Waals surface area contributed by atoms with Crippen LogP contribution in [-0.2, 0) is 14.8 Å². The Morgan fingerprint density at radius 1 is 0.969 bits per heavy atom. The van der Waals surface area contributed by atoms with Crippen molar-refractivity contribution in [3.63, 3.8) is 0 Å². The SMILES string of the molecule is Cc1ccc(S(=O)(=O)N(CC(=O)NCCCN2CCCCC2)c2ccc(C)c(C)c2)cc1. The Bertz CT molecular complexity index is 1010. The van der Waals surface area contributed by atoms with Crippen LogP contribution in [-0.4, -0.2) is 51.9 Å². The Labute approximate surface area is 192 Å². The van der Waals surface area contributed by atoms with E-state index in [2.05, 4.69) is 10.2 Å². The second kappa shape index (κ2) is 11.0. The van der Waals surface area contributed by atoms with E-state index in [1.165, 1.54) is 23.6 Å². The smallest absolute Gasteiger partial charge is 0.264 e. The molecule has 1 saturated heterocycles. The van der Waals surface area contributed by atoms with Crippen molar-refractivity contribution in [1.29, 1.82) is 0 Å². The highest BCUT2D eigenvalue weighted by Crippen LogP contribution is 2.26. The highest BCUT2D eigenvalue weighted by Gasteiger charge is 2.27. The number of carbonyl (C=O) groups excluding carboxylic acids is 1. The topological polar surface area (TPSA) is 69.7 Å². The molecule has 0 unspecified atom stereocenters. The van der Waals surface area contributed by atoms with Gasteiger partial charge in [0.2, 0.25) is 5.91 Å². The second-order valence-corrected chi connectivity index (χ2v) is 10.6. The van der Waals surface area contributed by atoms with Gasteiger partial charge in [0.25, 0.3) is 10.0 Å². The fourth-order valence-electron chi connectivity index (χ4n) is 3.93. The van der Waals surface area contributed by atoms with Gasteiger partial charge < -0.3 is 10.2 Å². The predicted octanol–water partition coefficient (Wildman–Crippen LogP) is 3.80. The first-order chi connectivity index (χ1) is 15.3. The number of sulfonamides is 1. The van der Waals surface area contributed by atoms with Crippen molar-refractivity contribution in [2.45, 2.75) is 51.3 Å². The van der Waals surface area contributed by atoms with Crippen LogP contribution in [0.1, 0.15) is 42.4 Å².